The molecule has 0 radical (unpaired) electrons. The number of thiophene rings is 1. The average Bonchev–Trinajstić information content (AvgIpc) is 2.89. The van der Waals surface area contributed by atoms with Gasteiger partial charge in [0.15, 0.2) is 5.96 Å². The molecule has 0 atom stereocenters. The van der Waals surface area contributed by atoms with Crippen molar-refractivity contribution in [2.45, 2.75) is 4.21 Å². The highest BCUT2D eigenvalue weighted by Gasteiger charge is 2.15. The van der Waals surface area contributed by atoms with Crippen molar-refractivity contribution in [2.24, 2.45) is 4.99 Å². The first-order valence-corrected chi connectivity index (χ1v) is 10.2. The Balaban J connectivity index is 2.33. The number of nitrogens with one attached hydrogen (secondary N) is 3. The zero-order valence-corrected chi connectivity index (χ0v) is 15.1. The van der Waals surface area contributed by atoms with Crippen LogP contribution in [0.1, 0.15) is 0 Å². The minimum atomic E-state index is -3.48. The summed E-state index contributed by atoms with van der Waals surface area (Å²) in [5.74, 6) is 1.63. The summed E-state index contributed by atoms with van der Waals surface area (Å²) in [4.78, 5) is 4.05. The number of halogens is 1. The van der Waals surface area contributed by atoms with Crippen LogP contribution in [0, 0.1) is 0 Å². The van der Waals surface area contributed by atoms with Crippen LogP contribution in [0.4, 0.5) is 0 Å². The molecule has 3 N–H and O–H groups in total. The molecule has 10 heteroatoms. The van der Waals surface area contributed by atoms with Gasteiger partial charge in [-0.2, -0.15) is 11.8 Å². The van der Waals surface area contributed by atoms with Gasteiger partial charge in [-0.1, -0.05) is 11.6 Å². The van der Waals surface area contributed by atoms with E-state index in [1.165, 1.54) is 6.07 Å². The van der Waals surface area contributed by atoms with Gasteiger partial charge >= 0.3 is 0 Å². The molecule has 0 aliphatic carbocycles. The van der Waals surface area contributed by atoms with E-state index < -0.39 is 10.0 Å². The largest absolute Gasteiger partial charge is 0.356 e. The molecule has 120 valence electrons. The molecule has 0 saturated carbocycles. The lowest BCUT2D eigenvalue weighted by Crippen LogP contribution is -2.42. The number of aliphatic imine (C=N–C) groups is 1. The normalized spacial score (nSPS) is 12.4. The molecule has 0 unspecified atom stereocenters. The van der Waals surface area contributed by atoms with Crippen LogP contribution in [-0.2, 0) is 10.0 Å². The number of hydrogen-bond acceptors (Lipinski definition) is 5. The van der Waals surface area contributed by atoms with Crippen molar-refractivity contribution in [3.63, 3.8) is 0 Å². The lowest BCUT2D eigenvalue weighted by Gasteiger charge is -2.11. The van der Waals surface area contributed by atoms with Crippen molar-refractivity contribution < 1.29 is 8.42 Å². The van der Waals surface area contributed by atoms with Gasteiger partial charge in [-0.05, 0) is 18.4 Å². The van der Waals surface area contributed by atoms with E-state index in [2.05, 4.69) is 20.3 Å². The van der Waals surface area contributed by atoms with Gasteiger partial charge in [0.05, 0.1) is 4.34 Å². The Morgan fingerprint density at radius 2 is 2.05 bits per heavy atom. The summed E-state index contributed by atoms with van der Waals surface area (Å²) in [6.45, 7) is 1.51. The zero-order valence-electron chi connectivity index (χ0n) is 11.8. The summed E-state index contributed by atoms with van der Waals surface area (Å²) in [6, 6.07) is 3.06. The highest BCUT2D eigenvalue weighted by molar-refractivity contribution is 7.98. The van der Waals surface area contributed by atoms with Gasteiger partial charge in [-0.15, -0.1) is 11.3 Å². The summed E-state index contributed by atoms with van der Waals surface area (Å²) in [5.41, 5.74) is 0. The molecule has 1 rings (SSSR count). The van der Waals surface area contributed by atoms with Crippen LogP contribution in [0.5, 0.6) is 0 Å². The second-order valence-corrected chi connectivity index (χ2v) is 8.57. The van der Waals surface area contributed by atoms with Crippen LogP contribution in [0.2, 0.25) is 4.34 Å². The standard InChI is InChI=1S/C11H19ClN4O2S3/c1-13-11(15-7-8-19-2)14-5-6-16-21(17,18)10-4-3-9(12)20-10/h3-4,16H,5-8H2,1-2H3,(H2,13,14,15). The third-order valence-corrected chi connectivity index (χ3v) is 6.14. The van der Waals surface area contributed by atoms with Crippen LogP contribution in [0.25, 0.3) is 0 Å². The molecule has 0 bridgehead atoms. The number of rotatable bonds is 8. The summed E-state index contributed by atoms with van der Waals surface area (Å²) in [6.07, 6.45) is 2.03. The van der Waals surface area contributed by atoms with Crippen molar-refractivity contribution in [2.75, 3.05) is 38.7 Å². The molecule has 1 aromatic rings. The molecule has 0 aliphatic rings. The Bertz CT molecular complexity index is 560. The van der Waals surface area contributed by atoms with E-state index in [1.807, 2.05) is 6.26 Å². The first-order chi connectivity index (χ1) is 9.99. The SMILES string of the molecule is CN=C(NCCNS(=O)(=O)c1ccc(Cl)s1)NCCSC. The van der Waals surface area contributed by atoms with E-state index in [0.29, 0.717) is 16.8 Å². The van der Waals surface area contributed by atoms with Crippen molar-refractivity contribution >= 4 is 50.7 Å². The molecule has 0 aromatic carbocycles. The molecule has 1 aromatic heterocycles. The Morgan fingerprint density at radius 3 is 2.62 bits per heavy atom. The number of thioether (sulfide) groups is 1. The van der Waals surface area contributed by atoms with Gasteiger partial charge in [-0.25, -0.2) is 13.1 Å². The number of guanidine groups is 1. The molecular weight excluding hydrogens is 352 g/mol. The summed E-state index contributed by atoms with van der Waals surface area (Å²) < 4.78 is 27.0. The average molecular weight is 371 g/mol. The van der Waals surface area contributed by atoms with E-state index in [4.69, 9.17) is 11.6 Å². The lowest BCUT2D eigenvalue weighted by molar-refractivity contribution is 0.582. The van der Waals surface area contributed by atoms with E-state index in [0.717, 1.165) is 23.6 Å². The third-order valence-electron chi connectivity index (χ3n) is 2.35. The van der Waals surface area contributed by atoms with Crippen molar-refractivity contribution in [1.29, 1.82) is 0 Å². The van der Waals surface area contributed by atoms with Crippen LogP contribution in [-0.4, -0.2) is 53.1 Å². The summed E-state index contributed by atoms with van der Waals surface area (Å²) >= 11 is 8.51. The maximum absolute atomic E-state index is 11.9. The molecule has 6 nitrogen and oxygen atoms in total. The maximum Gasteiger partial charge on any atom is 0.250 e. The molecule has 21 heavy (non-hydrogen) atoms. The molecule has 0 fully saturated rings. The van der Waals surface area contributed by atoms with Gasteiger partial charge in [0.25, 0.3) is 0 Å². The van der Waals surface area contributed by atoms with Crippen LogP contribution < -0.4 is 15.4 Å². The monoisotopic (exact) mass is 370 g/mol. The second-order valence-electron chi connectivity index (χ2n) is 3.87. The first-order valence-electron chi connectivity index (χ1n) is 6.18. The van der Waals surface area contributed by atoms with E-state index in [9.17, 15) is 8.42 Å². The topological polar surface area (TPSA) is 82.6 Å². The van der Waals surface area contributed by atoms with Gasteiger partial charge in [0, 0.05) is 32.4 Å². The van der Waals surface area contributed by atoms with Gasteiger partial charge in [0.2, 0.25) is 10.0 Å². The Hall–Kier alpha value is -0.480. The third kappa shape index (κ3) is 6.88. The molecule has 0 aliphatic heterocycles. The minimum Gasteiger partial charge on any atom is -0.356 e. The predicted molar refractivity (Wildman–Crippen MR) is 92.3 cm³/mol. The van der Waals surface area contributed by atoms with Crippen LogP contribution in [0.15, 0.2) is 21.3 Å². The van der Waals surface area contributed by atoms with E-state index in [1.54, 1.807) is 24.9 Å². The van der Waals surface area contributed by atoms with Crippen molar-refractivity contribution in [3.05, 3.63) is 16.5 Å². The highest BCUT2D eigenvalue weighted by atomic mass is 35.5. The smallest absolute Gasteiger partial charge is 0.250 e. The fourth-order valence-electron chi connectivity index (χ4n) is 1.37. The summed E-state index contributed by atoms with van der Waals surface area (Å²) in [7, 11) is -1.81. The molecule has 0 spiro atoms. The Kier molecular flexibility index (Phi) is 8.42. The Morgan fingerprint density at radius 1 is 1.33 bits per heavy atom. The minimum absolute atomic E-state index is 0.218. The fourth-order valence-corrected chi connectivity index (χ4v) is 4.24. The Labute approximate surface area is 138 Å². The van der Waals surface area contributed by atoms with Gasteiger partial charge < -0.3 is 10.6 Å². The molecule has 0 amide bonds. The lowest BCUT2D eigenvalue weighted by atomic mass is 10.6. The highest BCUT2D eigenvalue weighted by Crippen LogP contribution is 2.24. The quantitative estimate of drug-likeness (QED) is 0.364. The number of sulfonamides is 1. The van der Waals surface area contributed by atoms with E-state index >= 15 is 0 Å². The first kappa shape index (κ1) is 18.6. The summed E-state index contributed by atoms with van der Waals surface area (Å²) in [5, 5.41) is 6.17. The zero-order chi connectivity index (χ0) is 15.7. The molecule has 0 saturated heterocycles. The molecular formula is C11H19ClN4O2S3. The molecule has 1 heterocycles. The van der Waals surface area contributed by atoms with Crippen LogP contribution in [0.3, 0.4) is 0 Å². The fraction of sp³-hybridized carbons (Fsp3) is 0.545. The van der Waals surface area contributed by atoms with Crippen LogP contribution >= 0.6 is 34.7 Å². The number of hydrogen-bond donors (Lipinski definition) is 3. The predicted octanol–water partition coefficient (Wildman–Crippen LogP) is 1.21. The maximum atomic E-state index is 11.9. The number of nitrogens with zero attached hydrogens (tertiary/aromatic N) is 1. The van der Waals surface area contributed by atoms with Gasteiger partial charge in [0.1, 0.15) is 4.21 Å². The van der Waals surface area contributed by atoms with Crippen molar-refractivity contribution in [3.8, 4) is 0 Å². The van der Waals surface area contributed by atoms with E-state index in [-0.39, 0.29) is 10.8 Å². The van der Waals surface area contributed by atoms with Gasteiger partial charge in [-0.3, -0.25) is 4.99 Å². The van der Waals surface area contributed by atoms with Crippen molar-refractivity contribution in [1.82, 2.24) is 15.4 Å². The second kappa shape index (κ2) is 9.52.